The van der Waals surface area contributed by atoms with Crippen LogP contribution in [0.25, 0.3) is 0 Å². The van der Waals surface area contributed by atoms with Crippen molar-refractivity contribution in [2.75, 3.05) is 10.5 Å². The number of nitrogen functional groups attached to an aromatic ring is 1. The second kappa shape index (κ2) is 5.47. The highest BCUT2D eigenvalue weighted by Crippen LogP contribution is 2.28. The lowest BCUT2D eigenvalue weighted by Crippen LogP contribution is -2.13. The van der Waals surface area contributed by atoms with Gasteiger partial charge in [0.25, 0.3) is 10.0 Å². The fraction of sp³-hybridized carbons (Fsp3) is 0. The van der Waals surface area contributed by atoms with E-state index in [9.17, 15) is 12.8 Å². The zero-order chi connectivity index (χ0) is 14.9. The summed E-state index contributed by atoms with van der Waals surface area (Å²) in [5.41, 5.74) is 5.31. The molecule has 0 aliphatic carbocycles. The molecule has 106 valence electrons. The van der Waals surface area contributed by atoms with Crippen LogP contribution in [-0.2, 0) is 10.0 Å². The maximum absolute atomic E-state index is 13.3. The Morgan fingerprint density at radius 2 is 1.80 bits per heavy atom. The Morgan fingerprint density at radius 1 is 1.10 bits per heavy atom. The summed E-state index contributed by atoms with van der Waals surface area (Å²) in [6.45, 7) is 0. The lowest BCUT2D eigenvalue weighted by Gasteiger charge is -2.10. The Morgan fingerprint density at radius 3 is 2.40 bits per heavy atom. The number of anilines is 2. The van der Waals surface area contributed by atoms with Crippen LogP contribution < -0.4 is 10.5 Å². The van der Waals surface area contributed by atoms with E-state index < -0.39 is 15.8 Å². The zero-order valence-corrected chi connectivity index (χ0v) is 12.2. The van der Waals surface area contributed by atoms with E-state index in [2.05, 4.69) is 4.72 Å². The van der Waals surface area contributed by atoms with Gasteiger partial charge in [-0.25, -0.2) is 12.8 Å². The van der Waals surface area contributed by atoms with E-state index in [1.54, 1.807) is 0 Å². The van der Waals surface area contributed by atoms with Crippen molar-refractivity contribution in [3.63, 3.8) is 0 Å². The molecule has 2 aromatic carbocycles. The average molecular weight is 335 g/mol. The Hall–Kier alpha value is -1.50. The summed E-state index contributed by atoms with van der Waals surface area (Å²) in [5.74, 6) is -0.810. The Balaban J connectivity index is 2.38. The van der Waals surface area contributed by atoms with Gasteiger partial charge in [-0.1, -0.05) is 23.2 Å². The van der Waals surface area contributed by atoms with Crippen molar-refractivity contribution in [2.24, 2.45) is 0 Å². The number of rotatable bonds is 3. The second-order valence-electron chi connectivity index (χ2n) is 3.91. The summed E-state index contributed by atoms with van der Waals surface area (Å²) in [6, 6.07) is 7.49. The van der Waals surface area contributed by atoms with E-state index in [-0.39, 0.29) is 21.3 Å². The predicted molar refractivity (Wildman–Crippen MR) is 78.1 cm³/mol. The fourth-order valence-electron chi connectivity index (χ4n) is 1.45. The van der Waals surface area contributed by atoms with Crippen LogP contribution in [0.3, 0.4) is 0 Å². The topological polar surface area (TPSA) is 72.2 Å². The molecule has 2 aromatic rings. The van der Waals surface area contributed by atoms with Crippen molar-refractivity contribution in [3.05, 3.63) is 52.3 Å². The first-order valence-corrected chi connectivity index (χ1v) is 7.56. The third-order valence-electron chi connectivity index (χ3n) is 2.46. The number of hydrogen-bond acceptors (Lipinski definition) is 3. The maximum atomic E-state index is 13.3. The van der Waals surface area contributed by atoms with Gasteiger partial charge in [0, 0.05) is 5.02 Å². The van der Waals surface area contributed by atoms with E-state index in [0.29, 0.717) is 5.02 Å². The molecular formula is C12H9Cl2FN2O2S. The van der Waals surface area contributed by atoms with Gasteiger partial charge in [0.15, 0.2) is 0 Å². The summed E-state index contributed by atoms with van der Waals surface area (Å²) < 4.78 is 39.8. The van der Waals surface area contributed by atoms with Crippen molar-refractivity contribution in [2.45, 2.75) is 4.90 Å². The highest BCUT2D eigenvalue weighted by molar-refractivity contribution is 7.92. The van der Waals surface area contributed by atoms with Crippen LogP contribution in [0.15, 0.2) is 41.3 Å². The largest absolute Gasteiger partial charge is 0.396 e. The maximum Gasteiger partial charge on any atom is 0.262 e. The van der Waals surface area contributed by atoms with Crippen LogP contribution in [-0.4, -0.2) is 8.42 Å². The van der Waals surface area contributed by atoms with Crippen molar-refractivity contribution in [1.29, 1.82) is 0 Å². The molecule has 2 rings (SSSR count). The minimum Gasteiger partial charge on any atom is -0.396 e. The first-order valence-electron chi connectivity index (χ1n) is 5.32. The third kappa shape index (κ3) is 3.15. The molecule has 0 saturated heterocycles. The van der Waals surface area contributed by atoms with Gasteiger partial charge in [-0.05, 0) is 36.4 Å². The average Bonchev–Trinajstić information content (AvgIpc) is 2.36. The Bertz CT molecular complexity index is 766. The van der Waals surface area contributed by atoms with E-state index in [4.69, 9.17) is 28.9 Å². The van der Waals surface area contributed by atoms with Crippen LogP contribution in [0.5, 0.6) is 0 Å². The number of nitrogens with one attached hydrogen (secondary N) is 1. The molecule has 3 N–H and O–H groups in total. The van der Waals surface area contributed by atoms with Gasteiger partial charge in [0.2, 0.25) is 0 Å². The normalized spacial score (nSPS) is 11.3. The monoisotopic (exact) mass is 334 g/mol. The van der Waals surface area contributed by atoms with Gasteiger partial charge >= 0.3 is 0 Å². The minimum atomic E-state index is -3.96. The number of sulfonamides is 1. The fourth-order valence-corrected chi connectivity index (χ4v) is 3.05. The smallest absolute Gasteiger partial charge is 0.262 e. The van der Waals surface area contributed by atoms with Crippen molar-refractivity contribution >= 4 is 44.6 Å². The Labute approximate surface area is 125 Å². The molecule has 0 fully saturated rings. The molecule has 0 bridgehead atoms. The highest BCUT2D eigenvalue weighted by atomic mass is 35.5. The number of halogens is 3. The summed E-state index contributed by atoms with van der Waals surface area (Å²) >= 11 is 11.6. The molecule has 0 heterocycles. The van der Waals surface area contributed by atoms with E-state index in [1.807, 2.05) is 0 Å². The molecule has 4 nitrogen and oxygen atoms in total. The number of hydrogen-bond donors (Lipinski definition) is 2. The standard InChI is InChI=1S/C12H9Cl2FN2O2S/c13-7-1-4-12(9(14)5-7)17-20(18,19)8-2-3-11(16)10(15)6-8/h1-6,17H,16H2. The quantitative estimate of drug-likeness (QED) is 0.843. The molecule has 0 aliphatic rings. The van der Waals surface area contributed by atoms with Gasteiger partial charge in [-0.15, -0.1) is 0 Å². The van der Waals surface area contributed by atoms with Crippen LogP contribution in [0.4, 0.5) is 15.8 Å². The van der Waals surface area contributed by atoms with Gasteiger partial charge in [0.05, 0.1) is 21.3 Å². The highest BCUT2D eigenvalue weighted by Gasteiger charge is 2.17. The van der Waals surface area contributed by atoms with Crippen LogP contribution >= 0.6 is 23.2 Å². The predicted octanol–water partition coefficient (Wildman–Crippen LogP) is 3.52. The molecule has 0 radical (unpaired) electrons. The Kier molecular flexibility index (Phi) is 4.08. The number of nitrogens with two attached hydrogens (primary N) is 1. The molecule has 0 aliphatic heterocycles. The first kappa shape index (κ1) is 14.9. The minimum absolute atomic E-state index is 0.131. The van der Waals surface area contributed by atoms with Crippen LogP contribution in [0, 0.1) is 5.82 Å². The molecule has 20 heavy (non-hydrogen) atoms. The second-order valence-corrected chi connectivity index (χ2v) is 6.44. The van der Waals surface area contributed by atoms with Gasteiger partial charge in [-0.2, -0.15) is 0 Å². The summed E-state index contributed by atoms with van der Waals surface area (Å²) in [4.78, 5) is -0.254. The molecule has 0 unspecified atom stereocenters. The lowest BCUT2D eigenvalue weighted by atomic mass is 10.3. The van der Waals surface area contributed by atoms with Crippen molar-refractivity contribution < 1.29 is 12.8 Å². The van der Waals surface area contributed by atoms with Gasteiger partial charge < -0.3 is 5.73 Å². The molecule has 8 heteroatoms. The molecule has 0 aromatic heterocycles. The van der Waals surface area contributed by atoms with E-state index in [1.165, 1.54) is 30.3 Å². The summed E-state index contributed by atoms with van der Waals surface area (Å²) in [7, 11) is -3.96. The third-order valence-corrected chi connectivity index (χ3v) is 4.37. The SMILES string of the molecule is Nc1ccc(S(=O)(=O)Nc2ccc(Cl)cc2Cl)cc1F. The molecule has 0 atom stereocenters. The molecule has 0 spiro atoms. The van der Waals surface area contributed by atoms with Gasteiger partial charge in [0.1, 0.15) is 5.82 Å². The summed E-state index contributed by atoms with van der Waals surface area (Å²) in [5, 5.41) is 0.508. The van der Waals surface area contributed by atoms with E-state index >= 15 is 0 Å². The van der Waals surface area contributed by atoms with Crippen molar-refractivity contribution in [3.8, 4) is 0 Å². The summed E-state index contributed by atoms with van der Waals surface area (Å²) in [6.07, 6.45) is 0. The first-order chi connectivity index (χ1) is 9.29. The number of benzene rings is 2. The van der Waals surface area contributed by atoms with Crippen molar-refractivity contribution in [1.82, 2.24) is 0 Å². The van der Waals surface area contributed by atoms with E-state index in [0.717, 1.165) is 6.07 Å². The molecule has 0 saturated carbocycles. The molecule has 0 amide bonds. The lowest BCUT2D eigenvalue weighted by molar-refractivity contribution is 0.596. The molecular weight excluding hydrogens is 326 g/mol. The van der Waals surface area contributed by atoms with Gasteiger partial charge in [-0.3, -0.25) is 4.72 Å². The van der Waals surface area contributed by atoms with Crippen LogP contribution in [0.1, 0.15) is 0 Å². The zero-order valence-electron chi connectivity index (χ0n) is 9.90. The van der Waals surface area contributed by atoms with Crippen LogP contribution in [0.2, 0.25) is 10.0 Å².